The molecule has 0 spiro atoms. The number of ether oxygens (including phenoxy) is 2. The smallest absolute Gasteiger partial charge is 0.260 e. The van der Waals surface area contributed by atoms with E-state index in [9.17, 15) is 9.18 Å². The van der Waals surface area contributed by atoms with Crippen molar-refractivity contribution < 1.29 is 13.9 Å². The first-order valence-electron chi connectivity index (χ1n) is 8.64. The second kappa shape index (κ2) is 7.89. The quantitative estimate of drug-likeness (QED) is 0.493. The molecule has 2 aromatic carbocycles. The summed E-state index contributed by atoms with van der Waals surface area (Å²) in [6.45, 7) is 0.162. The summed E-state index contributed by atoms with van der Waals surface area (Å²) in [5, 5.41) is 0.904. The van der Waals surface area contributed by atoms with Crippen molar-refractivity contribution in [1.29, 1.82) is 0 Å². The van der Waals surface area contributed by atoms with Crippen molar-refractivity contribution in [3.63, 3.8) is 0 Å². The fourth-order valence-corrected chi connectivity index (χ4v) is 3.22. The number of benzene rings is 2. The van der Waals surface area contributed by atoms with Gasteiger partial charge in [0.25, 0.3) is 5.56 Å². The number of hydrogen-bond donors (Lipinski definition) is 0. The molecule has 0 aliphatic carbocycles. The van der Waals surface area contributed by atoms with Crippen molar-refractivity contribution >= 4 is 22.6 Å². The molecule has 4 aromatic rings. The van der Waals surface area contributed by atoms with Crippen LogP contribution in [-0.2, 0) is 6.61 Å². The number of methoxy groups -OCH3 is 1. The molecule has 2 aromatic heterocycles. The third kappa shape index (κ3) is 3.77. The van der Waals surface area contributed by atoms with Gasteiger partial charge in [0, 0.05) is 12.3 Å². The van der Waals surface area contributed by atoms with E-state index in [-0.39, 0.29) is 18.0 Å². The topological polar surface area (TPSA) is 66.2 Å². The highest BCUT2D eigenvalue weighted by molar-refractivity contribution is 6.32. The van der Waals surface area contributed by atoms with Gasteiger partial charge in [0.2, 0.25) is 0 Å². The molecular formula is C21H15ClFN3O3. The highest BCUT2D eigenvalue weighted by Gasteiger charge is 2.14. The first kappa shape index (κ1) is 18.9. The Morgan fingerprint density at radius 1 is 1.14 bits per heavy atom. The normalized spacial score (nSPS) is 10.9. The number of pyridine rings is 1. The van der Waals surface area contributed by atoms with E-state index >= 15 is 0 Å². The second-order valence-electron chi connectivity index (χ2n) is 6.18. The van der Waals surface area contributed by atoms with Gasteiger partial charge in [-0.3, -0.25) is 9.36 Å². The molecule has 0 N–H and O–H groups in total. The Kier molecular flexibility index (Phi) is 5.14. The molecule has 0 amide bonds. The van der Waals surface area contributed by atoms with Gasteiger partial charge >= 0.3 is 0 Å². The predicted octanol–water partition coefficient (Wildman–Crippen LogP) is 4.16. The fraction of sp³-hybridized carbons (Fsp3) is 0.0952. The molecule has 0 bridgehead atoms. The van der Waals surface area contributed by atoms with Crippen LogP contribution in [0, 0.1) is 5.82 Å². The molecule has 6 nitrogen and oxygen atoms in total. The van der Waals surface area contributed by atoms with E-state index < -0.39 is 0 Å². The van der Waals surface area contributed by atoms with Crippen LogP contribution in [0.2, 0.25) is 5.02 Å². The average molecular weight is 412 g/mol. The van der Waals surface area contributed by atoms with Gasteiger partial charge in [-0.15, -0.1) is 0 Å². The molecule has 0 fully saturated rings. The Balaban J connectivity index is 1.70. The molecular weight excluding hydrogens is 397 g/mol. The number of nitrogens with zero attached hydrogens (tertiary/aromatic N) is 3. The van der Waals surface area contributed by atoms with Crippen LogP contribution < -0.4 is 15.0 Å². The monoisotopic (exact) mass is 411 g/mol. The zero-order valence-electron chi connectivity index (χ0n) is 15.3. The van der Waals surface area contributed by atoms with Crippen LogP contribution in [0.25, 0.3) is 16.7 Å². The van der Waals surface area contributed by atoms with Crippen molar-refractivity contribution in [1.82, 2.24) is 14.5 Å². The van der Waals surface area contributed by atoms with Crippen molar-refractivity contribution in [3.05, 3.63) is 87.8 Å². The van der Waals surface area contributed by atoms with Crippen LogP contribution in [-0.4, -0.2) is 21.6 Å². The highest BCUT2D eigenvalue weighted by Crippen LogP contribution is 2.29. The van der Waals surface area contributed by atoms with Crippen molar-refractivity contribution in [2.24, 2.45) is 0 Å². The van der Waals surface area contributed by atoms with E-state index in [2.05, 4.69) is 9.97 Å². The van der Waals surface area contributed by atoms with Crippen LogP contribution in [0.15, 0.2) is 65.8 Å². The fourth-order valence-electron chi connectivity index (χ4n) is 2.99. The molecule has 4 rings (SSSR count). The van der Waals surface area contributed by atoms with Crippen LogP contribution in [0.1, 0.15) is 5.56 Å². The Bertz CT molecular complexity index is 1260. The van der Waals surface area contributed by atoms with Gasteiger partial charge in [-0.1, -0.05) is 23.7 Å². The van der Waals surface area contributed by atoms with Gasteiger partial charge in [0.05, 0.1) is 23.2 Å². The van der Waals surface area contributed by atoms with Crippen LogP contribution in [0.5, 0.6) is 11.5 Å². The van der Waals surface area contributed by atoms with E-state index in [1.54, 1.807) is 36.5 Å². The molecule has 0 radical (unpaired) electrons. The molecule has 0 atom stereocenters. The van der Waals surface area contributed by atoms with Gasteiger partial charge < -0.3 is 9.47 Å². The first-order chi connectivity index (χ1) is 14.1. The van der Waals surface area contributed by atoms with Gasteiger partial charge in [-0.25, -0.2) is 14.4 Å². The largest absolute Gasteiger partial charge is 0.496 e. The number of halogens is 2. The van der Waals surface area contributed by atoms with Gasteiger partial charge in [-0.2, -0.15) is 0 Å². The summed E-state index contributed by atoms with van der Waals surface area (Å²) in [5.41, 5.74) is 1.27. The number of fused-ring (bicyclic) bond motifs is 1. The minimum Gasteiger partial charge on any atom is -0.496 e. The summed E-state index contributed by atoms with van der Waals surface area (Å²) in [5.74, 6) is 0.475. The van der Waals surface area contributed by atoms with Crippen LogP contribution in [0.4, 0.5) is 4.39 Å². The van der Waals surface area contributed by atoms with Crippen LogP contribution in [0.3, 0.4) is 0 Å². The molecule has 0 aliphatic heterocycles. The lowest BCUT2D eigenvalue weighted by molar-refractivity contribution is 0.306. The van der Waals surface area contributed by atoms with Gasteiger partial charge in [0.15, 0.2) is 5.65 Å². The maximum Gasteiger partial charge on any atom is 0.260 e. The zero-order chi connectivity index (χ0) is 20.4. The van der Waals surface area contributed by atoms with E-state index in [1.165, 1.54) is 36.2 Å². The van der Waals surface area contributed by atoms with Gasteiger partial charge in [-0.05, 0) is 35.9 Å². The Labute approximate surface area is 170 Å². The average Bonchev–Trinajstić information content (AvgIpc) is 2.72. The minimum atomic E-state index is -0.333. The molecule has 2 heterocycles. The summed E-state index contributed by atoms with van der Waals surface area (Å²) >= 11 is 6.37. The Morgan fingerprint density at radius 3 is 2.76 bits per heavy atom. The third-order valence-corrected chi connectivity index (χ3v) is 4.62. The van der Waals surface area contributed by atoms with E-state index in [4.69, 9.17) is 21.1 Å². The van der Waals surface area contributed by atoms with Crippen molar-refractivity contribution in [2.45, 2.75) is 6.61 Å². The lowest BCUT2D eigenvalue weighted by Crippen LogP contribution is -2.19. The Hall–Kier alpha value is -3.45. The number of rotatable bonds is 5. The van der Waals surface area contributed by atoms with E-state index in [0.29, 0.717) is 38.8 Å². The molecule has 0 saturated carbocycles. The molecule has 0 saturated heterocycles. The highest BCUT2D eigenvalue weighted by atomic mass is 35.5. The lowest BCUT2D eigenvalue weighted by Gasteiger charge is -2.13. The maximum absolute atomic E-state index is 13.3. The molecule has 0 unspecified atom stereocenters. The Morgan fingerprint density at radius 2 is 2.00 bits per heavy atom. The number of hydrogen-bond acceptors (Lipinski definition) is 5. The first-order valence-corrected chi connectivity index (χ1v) is 9.01. The predicted molar refractivity (Wildman–Crippen MR) is 107 cm³/mol. The lowest BCUT2D eigenvalue weighted by atomic mass is 10.2. The van der Waals surface area contributed by atoms with E-state index in [0.717, 1.165) is 0 Å². The summed E-state index contributed by atoms with van der Waals surface area (Å²) in [6, 6.07) is 12.5. The SMILES string of the molecule is COc1cc(=O)n(-c2ccc(OCc3cccc(F)c3)c(Cl)c2)c2ncncc12. The maximum atomic E-state index is 13.3. The van der Waals surface area contributed by atoms with Crippen molar-refractivity contribution in [2.75, 3.05) is 7.11 Å². The summed E-state index contributed by atoms with van der Waals surface area (Å²) in [4.78, 5) is 20.9. The minimum absolute atomic E-state index is 0.162. The standard InChI is InChI=1S/C21H15ClFN3O3/c1-28-19-9-20(27)26(21-16(19)10-24-12-25-21)15-5-6-18(17(22)8-15)29-11-13-3-2-4-14(23)7-13/h2-10,12H,11H2,1H3. The van der Waals surface area contributed by atoms with E-state index in [1.807, 2.05) is 0 Å². The van der Waals surface area contributed by atoms with Crippen molar-refractivity contribution in [3.8, 4) is 17.2 Å². The third-order valence-electron chi connectivity index (χ3n) is 4.32. The zero-order valence-corrected chi connectivity index (χ0v) is 16.1. The van der Waals surface area contributed by atoms with Crippen LogP contribution >= 0.6 is 11.6 Å². The summed E-state index contributed by atoms with van der Waals surface area (Å²) in [7, 11) is 1.48. The molecule has 29 heavy (non-hydrogen) atoms. The molecule has 0 aliphatic rings. The van der Waals surface area contributed by atoms with Gasteiger partial charge in [0.1, 0.15) is 30.3 Å². The summed E-state index contributed by atoms with van der Waals surface area (Å²) < 4.78 is 25.7. The molecule has 146 valence electrons. The molecule has 8 heteroatoms. The second-order valence-corrected chi connectivity index (χ2v) is 6.59. The summed E-state index contributed by atoms with van der Waals surface area (Å²) in [6.07, 6.45) is 2.94. The number of aromatic nitrogens is 3.